The minimum absolute atomic E-state index is 0.0564. The van der Waals surface area contributed by atoms with Crippen LogP contribution in [0.3, 0.4) is 0 Å². The maximum Gasteiger partial charge on any atom is 0.276 e. The number of furan rings is 1. The number of nitrogens with zero attached hydrogens (tertiary/aromatic N) is 1. The second-order valence-electron chi connectivity index (χ2n) is 6.13. The van der Waals surface area contributed by atoms with Crippen molar-refractivity contribution in [3.8, 4) is 0 Å². The number of hydrogen-bond acceptors (Lipinski definition) is 4. The smallest absolute Gasteiger partial charge is 0.276 e. The van der Waals surface area contributed by atoms with Gasteiger partial charge in [-0.3, -0.25) is 0 Å². The lowest BCUT2D eigenvalue weighted by Gasteiger charge is -2.15. The van der Waals surface area contributed by atoms with E-state index < -0.39 is 10.0 Å². The molecule has 20 heavy (non-hydrogen) atoms. The number of nitrogens with one attached hydrogen (secondary N) is 1. The van der Waals surface area contributed by atoms with Gasteiger partial charge in [0.1, 0.15) is 5.76 Å². The van der Waals surface area contributed by atoms with E-state index in [2.05, 4.69) is 12.2 Å². The van der Waals surface area contributed by atoms with Crippen LogP contribution >= 0.6 is 0 Å². The van der Waals surface area contributed by atoms with E-state index in [1.807, 2.05) is 0 Å². The zero-order valence-electron chi connectivity index (χ0n) is 12.0. The van der Waals surface area contributed by atoms with E-state index in [9.17, 15) is 8.42 Å². The molecule has 0 aliphatic heterocycles. The van der Waals surface area contributed by atoms with Crippen molar-refractivity contribution in [2.24, 2.45) is 11.8 Å². The van der Waals surface area contributed by atoms with Crippen molar-refractivity contribution in [3.63, 3.8) is 0 Å². The SMILES string of the molecule is CC1CC1CN(C)S(=O)(=O)c1ccc(CNC2CC2)o1. The average molecular weight is 298 g/mol. The summed E-state index contributed by atoms with van der Waals surface area (Å²) in [4.78, 5) is 0. The molecule has 0 spiro atoms. The fraction of sp³-hybridized carbons (Fsp3) is 0.714. The lowest BCUT2D eigenvalue weighted by atomic mass is 10.3. The molecular weight excluding hydrogens is 276 g/mol. The Balaban J connectivity index is 1.63. The summed E-state index contributed by atoms with van der Waals surface area (Å²) < 4.78 is 31.7. The molecule has 0 aromatic carbocycles. The molecule has 2 saturated carbocycles. The fourth-order valence-corrected chi connectivity index (χ4v) is 3.51. The van der Waals surface area contributed by atoms with E-state index in [0.29, 0.717) is 36.7 Å². The molecule has 6 heteroatoms. The Hall–Kier alpha value is -0.850. The highest BCUT2D eigenvalue weighted by molar-refractivity contribution is 7.89. The fourth-order valence-electron chi connectivity index (χ4n) is 2.36. The highest BCUT2D eigenvalue weighted by Crippen LogP contribution is 2.38. The Labute approximate surface area is 120 Å². The van der Waals surface area contributed by atoms with Crippen molar-refractivity contribution < 1.29 is 12.8 Å². The molecule has 0 radical (unpaired) electrons. The molecule has 2 atom stereocenters. The molecular formula is C14H22N2O3S. The van der Waals surface area contributed by atoms with Crippen molar-refractivity contribution in [2.75, 3.05) is 13.6 Å². The van der Waals surface area contributed by atoms with Crippen LogP contribution in [-0.4, -0.2) is 32.4 Å². The average Bonchev–Trinajstić information content (AvgIpc) is 3.29. The van der Waals surface area contributed by atoms with Crippen LogP contribution in [0, 0.1) is 11.8 Å². The molecule has 0 amide bonds. The first-order valence-corrected chi connectivity index (χ1v) is 8.69. The summed E-state index contributed by atoms with van der Waals surface area (Å²) in [7, 11) is -1.85. The second kappa shape index (κ2) is 5.16. The molecule has 0 bridgehead atoms. The Morgan fingerprint density at radius 2 is 2.10 bits per heavy atom. The zero-order chi connectivity index (χ0) is 14.3. The van der Waals surface area contributed by atoms with Crippen LogP contribution < -0.4 is 5.32 Å². The van der Waals surface area contributed by atoms with E-state index in [1.165, 1.54) is 17.1 Å². The molecule has 2 unspecified atom stereocenters. The molecule has 0 saturated heterocycles. The monoisotopic (exact) mass is 298 g/mol. The summed E-state index contributed by atoms with van der Waals surface area (Å²) in [5, 5.41) is 3.37. The Kier molecular flexibility index (Phi) is 3.64. The van der Waals surface area contributed by atoms with Gasteiger partial charge in [0, 0.05) is 19.6 Å². The highest BCUT2D eigenvalue weighted by Gasteiger charge is 2.37. The van der Waals surface area contributed by atoms with E-state index in [-0.39, 0.29) is 5.09 Å². The molecule has 2 aliphatic carbocycles. The van der Waals surface area contributed by atoms with Gasteiger partial charge in [0.15, 0.2) is 0 Å². The maximum absolute atomic E-state index is 12.4. The zero-order valence-corrected chi connectivity index (χ0v) is 12.8. The van der Waals surface area contributed by atoms with Gasteiger partial charge < -0.3 is 9.73 Å². The number of hydrogen-bond donors (Lipinski definition) is 1. The molecule has 3 rings (SSSR count). The quantitative estimate of drug-likeness (QED) is 0.834. The summed E-state index contributed by atoms with van der Waals surface area (Å²) in [6.45, 7) is 3.34. The predicted molar refractivity (Wildman–Crippen MR) is 75.7 cm³/mol. The summed E-state index contributed by atoms with van der Waals surface area (Å²) in [6.07, 6.45) is 3.52. The van der Waals surface area contributed by atoms with Gasteiger partial charge in [0.2, 0.25) is 5.09 Å². The third-order valence-corrected chi connectivity index (χ3v) is 5.91. The van der Waals surface area contributed by atoms with Crippen molar-refractivity contribution >= 4 is 10.0 Å². The Morgan fingerprint density at radius 3 is 2.70 bits per heavy atom. The normalized spacial score (nSPS) is 26.1. The molecule has 1 heterocycles. The first kappa shape index (κ1) is 14.1. The molecule has 1 N–H and O–H groups in total. The van der Waals surface area contributed by atoms with Crippen molar-refractivity contribution in [1.82, 2.24) is 9.62 Å². The van der Waals surface area contributed by atoms with Crippen LogP contribution in [-0.2, 0) is 16.6 Å². The van der Waals surface area contributed by atoms with Crippen LogP contribution in [0.4, 0.5) is 0 Å². The second-order valence-corrected chi connectivity index (χ2v) is 8.11. The van der Waals surface area contributed by atoms with Gasteiger partial charge in [0.25, 0.3) is 10.0 Å². The lowest BCUT2D eigenvalue weighted by Crippen LogP contribution is -2.29. The topological polar surface area (TPSA) is 62.6 Å². The molecule has 1 aromatic heterocycles. The van der Waals surface area contributed by atoms with Crippen LogP contribution in [0.25, 0.3) is 0 Å². The summed E-state index contributed by atoms with van der Waals surface area (Å²) in [5.74, 6) is 1.83. The first-order valence-electron chi connectivity index (χ1n) is 7.25. The van der Waals surface area contributed by atoms with Gasteiger partial charge in [-0.2, -0.15) is 4.31 Å². The van der Waals surface area contributed by atoms with E-state index in [4.69, 9.17) is 4.42 Å². The van der Waals surface area contributed by atoms with Crippen LogP contribution in [0.15, 0.2) is 21.6 Å². The summed E-state index contributed by atoms with van der Waals surface area (Å²) in [5.41, 5.74) is 0. The highest BCUT2D eigenvalue weighted by atomic mass is 32.2. The third kappa shape index (κ3) is 3.07. The standard InChI is InChI=1S/C14H22N2O3S/c1-10-7-11(10)9-16(2)20(17,18)14-6-5-13(19-14)8-15-12-3-4-12/h5-6,10-12,15H,3-4,7-9H2,1-2H3. The van der Waals surface area contributed by atoms with Crippen LogP contribution in [0.5, 0.6) is 0 Å². The minimum Gasteiger partial charge on any atom is -0.447 e. The Bertz CT molecular complexity index is 577. The van der Waals surface area contributed by atoms with Crippen molar-refractivity contribution in [3.05, 3.63) is 17.9 Å². The van der Waals surface area contributed by atoms with Crippen molar-refractivity contribution in [2.45, 2.75) is 43.9 Å². The number of rotatable bonds is 7. The first-order chi connectivity index (χ1) is 9.46. The molecule has 2 fully saturated rings. The van der Waals surface area contributed by atoms with Gasteiger partial charge in [-0.1, -0.05) is 6.92 Å². The van der Waals surface area contributed by atoms with E-state index in [1.54, 1.807) is 19.2 Å². The Morgan fingerprint density at radius 1 is 1.40 bits per heavy atom. The molecule has 5 nitrogen and oxygen atoms in total. The van der Waals surface area contributed by atoms with Crippen molar-refractivity contribution in [1.29, 1.82) is 0 Å². The molecule has 112 valence electrons. The van der Waals surface area contributed by atoms with Gasteiger partial charge >= 0.3 is 0 Å². The summed E-state index contributed by atoms with van der Waals surface area (Å²) in [6, 6.07) is 3.89. The van der Waals surface area contributed by atoms with E-state index >= 15 is 0 Å². The molecule has 1 aromatic rings. The largest absolute Gasteiger partial charge is 0.447 e. The van der Waals surface area contributed by atoms with Gasteiger partial charge in [0.05, 0.1) is 6.54 Å². The number of sulfonamides is 1. The van der Waals surface area contributed by atoms with Crippen LogP contribution in [0.1, 0.15) is 31.9 Å². The minimum atomic E-state index is -3.48. The molecule has 2 aliphatic rings. The van der Waals surface area contributed by atoms with Gasteiger partial charge in [-0.05, 0) is 43.2 Å². The maximum atomic E-state index is 12.4. The van der Waals surface area contributed by atoms with E-state index in [0.717, 1.165) is 6.42 Å². The lowest BCUT2D eigenvalue weighted by molar-refractivity contribution is 0.375. The van der Waals surface area contributed by atoms with Gasteiger partial charge in [-0.25, -0.2) is 8.42 Å². The van der Waals surface area contributed by atoms with Gasteiger partial charge in [-0.15, -0.1) is 0 Å². The third-order valence-electron chi connectivity index (χ3n) is 4.21. The summed E-state index contributed by atoms with van der Waals surface area (Å²) >= 11 is 0. The van der Waals surface area contributed by atoms with Crippen LogP contribution in [0.2, 0.25) is 0 Å². The predicted octanol–water partition coefficient (Wildman–Crippen LogP) is 1.81.